The highest BCUT2D eigenvalue weighted by Crippen LogP contribution is 2.24. The number of pyridine rings is 1. The fraction of sp³-hybridized carbons (Fsp3) is 0.154. The number of hydrogen-bond acceptors (Lipinski definition) is 4. The first-order valence-electron chi connectivity index (χ1n) is 5.58. The summed E-state index contributed by atoms with van der Waals surface area (Å²) in [6, 6.07) is 8.35. The number of benzene rings is 1. The second kappa shape index (κ2) is 5.19. The van der Waals surface area contributed by atoms with Crippen LogP contribution in [0.3, 0.4) is 0 Å². The average Bonchev–Trinajstić information content (AvgIpc) is 2.33. The van der Waals surface area contributed by atoms with E-state index in [4.69, 9.17) is 17.3 Å². The fourth-order valence-corrected chi connectivity index (χ4v) is 3.53. The van der Waals surface area contributed by atoms with Gasteiger partial charge in [0.05, 0.1) is 11.4 Å². The SMILES string of the molecule is Cc1ccc(CS(=O)(=O)c2ncccc2N)c(Cl)c1. The molecule has 0 atom stereocenters. The normalized spacial score (nSPS) is 11.5. The monoisotopic (exact) mass is 296 g/mol. The summed E-state index contributed by atoms with van der Waals surface area (Å²) >= 11 is 6.05. The molecular weight excluding hydrogens is 284 g/mol. The molecule has 0 aliphatic heterocycles. The lowest BCUT2D eigenvalue weighted by molar-refractivity contribution is 0.592. The van der Waals surface area contributed by atoms with E-state index >= 15 is 0 Å². The summed E-state index contributed by atoms with van der Waals surface area (Å²) in [5.41, 5.74) is 7.31. The number of rotatable bonds is 3. The van der Waals surface area contributed by atoms with Crippen molar-refractivity contribution in [3.05, 3.63) is 52.7 Å². The molecule has 100 valence electrons. The van der Waals surface area contributed by atoms with Crippen LogP contribution >= 0.6 is 11.6 Å². The maximum Gasteiger partial charge on any atom is 0.201 e. The fourth-order valence-electron chi connectivity index (χ4n) is 1.71. The van der Waals surface area contributed by atoms with E-state index in [9.17, 15) is 8.42 Å². The molecule has 2 N–H and O–H groups in total. The zero-order valence-corrected chi connectivity index (χ0v) is 11.9. The first kappa shape index (κ1) is 13.8. The minimum atomic E-state index is -3.60. The first-order valence-corrected chi connectivity index (χ1v) is 7.61. The van der Waals surface area contributed by atoms with E-state index in [2.05, 4.69) is 4.98 Å². The van der Waals surface area contributed by atoms with E-state index in [1.165, 1.54) is 12.3 Å². The number of sulfone groups is 1. The van der Waals surface area contributed by atoms with Gasteiger partial charge in [0.1, 0.15) is 0 Å². The van der Waals surface area contributed by atoms with E-state index in [1.54, 1.807) is 18.2 Å². The molecule has 1 aromatic carbocycles. The molecule has 0 radical (unpaired) electrons. The quantitative estimate of drug-likeness (QED) is 0.945. The molecule has 0 saturated heterocycles. The van der Waals surface area contributed by atoms with E-state index in [1.807, 2.05) is 13.0 Å². The van der Waals surface area contributed by atoms with Crippen LogP contribution in [0.15, 0.2) is 41.6 Å². The lowest BCUT2D eigenvalue weighted by atomic mass is 10.2. The second-order valence-electron chi connectivity index (χ2n) is 4.25. The standard InChI is InChI=1S/C13H13ClN2O2S/c1-9-4-5-10(11(14)7-9)8-19(17,18)13-12(15)3-2-6-16-13/h2-7H,8,15H2,1H3. The van der Waals surface area contributed by atoms with Gasteiger partial charge in [-0.25, -0.2) is 13.4 Å². The summed E-state index contributed by atoms with van der Waals surface area (Å²) in [5.74, 6) is -0.215. The minimum Gasteiger partial charge on any atom is -0.396 e. The van der Waals surface area contributed by atoms with Gasteiger partial charge < -0.3 is 5.73 Å². The Morgan fingerprint density at radius 2 is 2.05 bits per heavy atom. The van der Waals surface area contributed by atoms with Crippen molar-refractivity contribution in [2.24, 2.45) is 0 Å². The third-order valence-corrected chi connectivity index (χ3v) is 4.62. The predicted molar refractivity (Wildman–Crippen MR) is 75.7 cm³/mol. The summed E-state index contributed by atoms with van der Waals surface area (Å²) < 4.78 is 24.5. The van der Waals surface area contributed by atoms with Gasteiger partial charge in [-0.15, -0.1) is 0 Å². The van der Waals surface area contributed by atoms with Crippen LogP contribution in [0, 0.1) is 6.92 Å². The number of halogens is 1. The lowest BCUT2D eigenvalue weighted by Gasteiger charge is -2.08. The van der Waals surface area contributed by atoms with E-state index in [-0.39, 0.29) is 16.5 Å². The zero-order chi connectivity index (χ0) is 14.0. The molecule has 0 aliphatic rings. The maximum atomic E-state index is 12.3. The van der Waals surface area contributed by atoms with Gasteiger partial charge in [0.2, 0.25) is 9.84 Å². The van der Waals surface area contributed by atoms with Gasteiger partial charge in [0, 0.05) is 11.2 Å². The van der Waals surface area contributed by atoms with Crippen molar-refractivity contribution in [2.75, 3.05) is 5.73 Å². The Morgan fingerprint density at radius 1 is 1.32 bits per heavy atom. The molecular formula is C13H13ClN2O2S. The van der Waals surface area contributed by atoms with Gasteiger partial charge in [-0.1, -0.05) is 23.7 Å². The van der Waals surface area contributed by atoms with Crippen molar-refractivity contribution in [3.8, 4) is 0 Å². The van der Waals surface area contributed by atoms with Crippen molar-refractivity contribution < 1.29 is 8.42 Å². The molecule has 0 spiro atoms. The molecule has 0 aliphatic carbocycles. The van der Waals surface area contributed by atoms with Gasteiger partial charge in [-0.2, -0.15) is 0 Å². The third kappa shape index (κ3) is 3.05. The Hall–Kier alpha value is -1.59. The molecule has 2 rings (SSSR count). The first-order chi connectivity index (χ1) is 8.90. The highest BCUT2D eigenvalue weighted by atomic mass is 35.5. The molecule has 0 bridgehead atoms. The Labute approximate surface area is 117 Å². The number of nitrogens with two attached hydrogens (primary N) is 1. The molecule has 6 heteroatoms. The number of aromatic nitrogens is 1. The Balaban J connectivity index is 2.40. The van der Waals surface area contributed by atoms with E-state index < -0.39 is 9.84 Å². The molecule has 2 aromatic rings. The largest absolute Gasteiger partial charge is 0.396 e. The van der Waals surface area contributed by atoms with Crippen molar-refractivity contribution in [3.63, 3.8) is 0 Å². The van der Waals surface area contributed by atoms with Gasteiger partial charge in [0.25, 0.3) is 0 Å². The smallest absolute Gasteiger partial charge is 0.201 e. The van der Waals surface area contributed by atoms with E-state index in [0.29, 0.717) is 10.6 Å². The molecule has 0 saturated carbocycles. The Morgan fingerprint density at radius 3 is 2.68 bits per heavy atom. The van der Waals surface area contributed by atoms with Gasteiger partial charge in [-0.3, -0.25) is 0 Å². The summed E-state index contributed by atoms with van der Waals surface area (Å²) in [4.78, 5) is 3.84. The zero-order valence-electron chi connectivity index (χ0n) is 10.3. The summed E-state index contributed by atoms with van der Waals surface area (Å²) in [7, 11) is -3.60. The van der Waals surface area contributed by atoms with Gasteiger partial charge in [-0.05, 0) is 36.2 Å². The van der Waals surface area contributed by atoms with Crippen molar-refractivity contribution in [1.82, 2.24) is 4.98 Å². The molecule has 19 heavy (non-hydrogen) atoms. The Bertz CT molecular complexity index is 714. The van der Waals surface area contributed by atoms with Crippen molar-refractivity contribution in [1.29, 1.82) is 0 Å². The van der Waals surface area contributed by atoms with Gasteiger partial charge in [0.15, 0.2) is 5.03 Å². The molecule has 0 amide bonds. The minimum absolute atomic E-state index is 0.105. The highest BCUT2D eigenvalue weighted by Gasteiger charge is 2.20. The van der Waals surface area contributed by atoms with Crippen LogP contribution in [0.25, 0.3) is 0 Å². The highest BCUT2D eigenvalue weighted by molar-refractivity contribution is 7.90. The van der Waals surface area contributed by atoms with Crippen molar-refractivity contribution in [2.45, 2.75) is 17.7 Å². The Kier molecular flexibility index (Phi) is 3.78. The van der Waals surface area contributed by atoms with Crippen LogP contribution in [-0.2, 0) is 15.6 Å². The average molecular weight is 297 g/mol. The molecule has 0 fully saturated rings. The topological polar surface area (TPSA) is 73.0 Å². The number of nitrogens with zero attached hydrogens (tertiary/aromatic N) is 1. The van der Waals surface area contributed by atoms with Crippen LogP contribution in [-0.4, -0.2) is 13.4 Å². The summed E-state index contributed by atoms with van der Waals surface area (Å²) in [5, 5.41) is 0.324. The van der Waals surface area contributed by atoms with Crippen LogP contribution in [0.2, 0.25) is 5.02 Å². The molecule has 1 aromatic heterocycles. The van der Waals surface area contributed by atoms with Crippen LogP contribution < -0.4 is 5.73 Å². The number of hydrogen-bond donors (Lipinski definition) is 1. The number of anilines is 1. The third-order valence-electron chi connectivity index (χ3n) is 2.65. The molecule has 4 nitrogen and oxygen atoms in total. The van der Waals surface area contributed by atoms with Crippen molar-refractivity contribution >= 4 is 27.1 Å². The summed E-state index contributed by atoms with van der Waals surface area (Å²) in [6.45, 7) is 1.89. The maximum absolute atomic E-state index is 12.3. The molecule has 1 heterocycles. The molecule has 0 unspecified atom stereocenters. The van der Waals surface area contributed by atoms with Crippen LogP contribution in [0.4, 0.5) is 5.69 Å². The van der Waals surface area contributed by atoms with E-state index in [0.717, 1.165) is 5.56 Å². The lowest BCUT2D eigenvalue weighted by Crippen LogP contribution is -2.10. The number of nitrogen functional groups attached to an aromatic ring is 1. The predicted octanol–water partition coefficient (Wildman–Crippen LogP) is 2.60. The van der Waals surface area contributed by atoms with Crippen LogP contribution in [0.1, 0.15) is 11.1 Å². The van der Waals surface area contributed by atoms with Crippen LogP contribution in [0.5, 0.6) is 0 Å². The van der Waals surface area contributed by atoms with Gasteiger partial charge >= 0.3 is 0 Å². The summed E-state index contributed by atoms with van der Waals surface area (Å²) in [6.07, 6.45) is 1.40. The second-order valence-corrected chi connectivity index (χ2v) is 6.56. The number of aryl methyl sites for hydroxylation is 1.